The molecule has 2 rings (SSSR count). The minimum absolute atomic E-state index is 0.454. The highest BCUT2D eigenvalue weighted by atomic mass is 35.5. The van der Waals surface area contributed by atoms with Gasteiger partial charge in [-0.05, 0) is 17.2 Å². The van der Waals surface area contributed by atoms with Crippen molar-refractivity contribution in [3.8, 4) is 0 Å². The van der Waals surface area contributed by atoms with Gasteiger partial charge in [-0.2, -0.15) is 0 Å². The topological polar surface area (TPSA) is 20.2 Å². The van der Waals surface area contributed by atoms with E-state index in [2.05, 4.69) is 0 Å². The molecule has 14 heavy (non-hydrogen) atoms. The molecule has 1 N–H and O–H groups in total. The lowest BCUT2D eigenvalue weighted by atomic mass is 9.98. The van der Waals surface area contributed by atoms with Gasteiger partial charge in [0.2, 0.25) is 0 Å². The second kappa shape index (κ2) is 3.60. The smallest absolute Gasteiger partial charge is 0.161 e. The van der Waals surface area contributed by atoms with Crippen molar-refractivity contribution in [2.24, 2.45) is 0 Å². The lowest BCUT2D eigenvalue weighted by molar-refractivity contribution is 0.182. The maximum atomic E-state index is 9.47. The van der Waals surface area contributed by atoms with Crippen LogP contribution in [0.15, 0.2) is 48.6 Å². The maximum Gasteiger partial charge on any atom is 0.161 e. The molecule has 1 aliphatic carbocycles. The van der Waals surface area contributed by atoms with Crippen LogP contribution in [-0.4, -0.2) is 10.2 Å². The van der Waals surface area contributed by atoms with Crippen molar-refractivity contribution >= 4 is 17.2 Å². The molecule has 0 amide bonds. The Hall–Kier alpha value is -1.05. The first-order valence-corrected chi connectivity index (χ1v) is 4.91. The molecular weight excluding hydrogens is 196 g/mol. The number of allylic oxidation sites excluding steroid dienone is 2. The third-order valence-corrected chi connectivity index (χ3v) is 2.51. The summed E-state index contributed by atoms with van der Waals surface area (Å²) in [7, 11) is 0. The maximum absolute atomic E-state index is 9.47. The molecule has 1 unspecified atom stereocenters. The van der Waals surface area contributed by atoms with Crippen molar-refractivity contribution < 1.29 is 5.11 Å². The molecule has 0 aromatic heterocycles. The van der Waals surface area contributed by atoms with Crippen LogP contribution in [0.5, 0.6) is 0 Å². The van der Waals surface area contributed by atoms with Gasteiger partial charge < -0.3 is 5.11 Å². The molecule has 0 spiro atoms. The van der Waals surface area contributed by atoms with E-state index in [1.807, 2.05) is 42.5 Å². The Balaban J connectivity index is 2.25. The Bertz CT molecular complexity index is 377. The zero-order chi connectivity index (χ0) is 10.0. The van der Waals surface area contributed by atoms with Crippen LogP contribution in [0.1, 0.15) is 12.0 Å². The summed E-state index contributed by atoms with van der Waals surface area (Å²) in [6.45, 7) is 0. The lowest BCUT2D eigenvalue weighted by Gasteiger charge is -2.19. The predicted molar refractivity (Wildman–Crippen MR) is 59.0 cm³/mol. The molecule has 0 radical (unpaired) electrons. The molecule has 0 saturated carbocycles. The minimum atomic E-state index is -1.20. The van der Waals surface area contributed by atoms with Crippen LogP contribution < -0.4 is 0 Å². The summed E-state index contributed by atoms with van der Waals surface area (Å²) in [6, 6.07) is 10.0. The summed E-state index contributed by atoms with van der Waals surface area (Å²) >= 11 is 5.75. The van der Waals surface area contributed by atoms with Gasteiger partial charge >= 0.3 is 0 Å². The largest absolute Gasteiger partial charge is 0.371 e. The number of benzene rings is 1. The molecule has 1 atom stereocenters. The molecule has 1 aliphatic rings. The first-order valence-electron chi connectivity index (χ1n) is 4.53. The second-order valence-corrected chi connectivity index (χ2v) is 4.04. The summed E-state index contributed by atoms with van der Waals surface area (Å²) in [4.78, 5) is 0. The summed E-state index contributed by atoms with van der Waals surface area (Å²) < 4.78 is 0. The van der Waals surface area contributed by atoms with E-state index in [0.29, 0.717) is 6.42 Å². The molecule has 72 valence electrons. The van der Waals surface area contributed by atoms with E-state index in [4.69, 9.17) is 11.6 Å². The third kappa shape index (κ3) is 2.06. The standard InChI is InChI=1S/C12H11ClO/c13-12(14)8-6-11(7-9-12)10-4-2-1-3-5-10/h1-8,14H,9H2. The van der Waals surface area contributed by atoms with E-state index >= 15 is 0 Å². The van der Waals surface area contributed by atoms with Gasteiger partial charge in [0.25, 0.3) is 0 Å². The van der Waals surface area contributed by atoms with Crippen LogP contribution >= 0.6 is 11.6 Å². The molecule has 0 fully saturated rings. The van der Waals surface area contributed by atoms with Gasteiger partial charge in [-0.25, -0.2) is 0 Å². The lowest BCUT2D eigenvalue weighted by Crippen LogP contribution is -2.17. The van der Waals surface area contributed by atoms with Gasteiger partial charge in [-0.3, -0.25) is 0 Å². The van der Waals surface area contributed by atoms with E-state index < -0.39 is 5.06 Å². The predicted octanol–water partition coefficient (Wildman–Crippen LogP) is 2.96. The molecule has 0 bridgehead atoms. The van der Waals surface area contributed by atoms with Gasteiger partial charge in [-0.1, -0.05) is 54.1 Å². The van der Waals surface area contributed by atoms with E-state index in [1.54, 1.807) is 6.08 Å². The number of rotatable bonds is 1. The Kier molecular flexibility index (Phi) is 2.44. The van der Waals surface area contributed by atoms with Crippen molar-refractivity contribution in [3.05, 3.63) is 54.1 Å². The number of aliphatic hydroxyl groups is 1. The van der Waals surface area contributed by atoms with Gasteiger partial charge in [0.15, 0.2) is 5.06 Å². The highest BCUT2D eigenvalue weighted by molar-refractivity contribution is 6.24. The van der Waals surface area contributed by atoms with E-state index in [-0.39, 0.29) is 0 Å². The van der Waals surface area contributed by atoms with Crippen molar-refractivity contribution in [1.82, 2.24) is 0 Å². The summed E-state index contributed by atoms with van der Waals surface area (Å²) in [6.07, 6.45) is 5.88. The van der Waals surface area contributed by atoms with Crippen LogP contribution in [0, 0.1) is 0 Å². The Labute approximate surface area is 88.3 Å². The molecule has 0 saturated heterocycles. The van der Waals surface area contributed by atoms with Crippen LogP contribution in [0.3, 0.4) is 0 Å². The number of hydrogen-bond donors (Lipinski definition) is 1. The first-order chi connectivity index (χ1) is 6.67. The molecular formula is C12H11ClO. The first kappa shape index (κ1) is 9.50. The van der Waals surface area contributed by atoms with E-state index in [9.17, 15) is 5.11 Å². The third-order valence-electron chi connectivity index (χ3n) is 2.23. The highest BCUT2D eigenvalue weighted by Crippen LogP contribution is 2.28. The number of halogens is 1. The highest BCUT2D eigenvalue weighted by Gasteiger charge is 2.21. The van der Waals surface area contributed by atoms with E-state index in [1.165, 1.54) is 0 Å². The fourth-order valence-corrected chi connectivity index (χ4v) is 1.59. The van der Waals surface area contributed by atoms with Crippen LogP contribution in [0.4, 0.5) is 0 Å². The molecule has 0 aliphatic heterocycles. The molecule has 1 nitrogen and oxygen atoms in total. The minimum Gasteiger partial charge on any atom is -0.371 e. The average molecular weight is 207 g/mol. The number of hydrogen-bond acceptors (Lipinski definition) is 1. The summed E-state index contributed by atoms with van der Waals surface area (Å²) in [5, 5.41) is 8.28. The van der Waals surface area contributed by atoms with Gasteiger partial charge in [-0.15, -0.1) is 0 Å². The Morgan fingerprint density at radius 3 is 2.50 bits per heavy atom. The fourth-order valence-electron chi connectivity index (χ4n) is 1.45. The van der Waals surface area contributed by atoms with Gasteiger partial charge in [0.1, 0.15) is 0 Å². The number of alkyl halides is 1. The Morgan fingerprint density at radius 2 is 1.93 bits per heavy atom. The van der Waals surface area contributed by atoms with Crippen molar-refractivity contribution in [1.29, 1.82) is 0 Å². The van der Waals surface area contributed by atoms with E-state index in [0.717, 1.165) is 11.1 Å². The Morgan fingerprint density at radius 1 is 1.21 bits per heavy atom. The van der Waals surface area contributed by atoms with Crippen molar-refractivity contribution in [3.63, 3.8) is 0 Å². The molecule has 1 aromatic carbocycles. The van der Waals surface area contributed by atoms with Crippen LogP contribution in [-0.2, 0) is 0 Å². The zero-order valence-electron chi connectivity index (χ0n) is 7.65. The average Bonchev–Trinajstić information content (AvgIpc) is 2.19. The molecule has 2 heteroatoms. The fraction of sp³-hybridized carbons (Fsp3) is 0.167. The normalized spacial score (nSPS) is 26.0. The second-order valence-electron chi connectivity index (χ2n) is 3.38. The molecule has 0 heterocycles. The van der Waals surface area contributed by atoms with Crippen molar-refractivity contribution in [2.45, 2.75) is 11.5 Å². The summed E-state index contributed by atoms with van der Waals surface area (Å²) in [5.41, 5.74) is 2.26. The van der Waals surface area contributed by atoms with Crippen molar-refractivity contribution in [2.75, 3.05) is 0 Å². The van der Waals surface area contributed by atoms with Gasteiger partial charge in [0.05, 0.1) is 0 Å². The van der Waals surface area contributed by atoms with Gasteiger partial charge in [0, 0.05) is 6.42 Å². The SMILES string of the molecule is OC1(Cl)C=CC(c2ccccc2)=CC1. The summed E-state index contributed by atoms with van der Waals surface area (Å²) in [5.74, 6) is 0. The van der Waals surface area contributed by atoms with Crippen LogP contribution in [0.2, 0.25) is 0 Å². The molecule has 1 aromatic rings. The zero-order valence-corrected chi connectivity index (χ0v) is 8.41. The van der Waals surface area contributed by atoms with Crippen LogP contribution in [0.25, 0.3) is 5.57 Å². The quantitative estimate of drug-likeness (QED) is 0.701. The monoisotopic (exact) mass is 206 g/mol.